The molecule has 0 bridgehead atoms. The third-order valence-electron chi connectivity index (χ3n) is 1.53. The SMILES string of the molecule is Cc1ccc(-c2cnno2)nc1. The van der Waals surface area contributed by atoms with E-state index in [4.69, 9.17) is 4.52 Å². The zero-order chi connectivity index (χ0) is 8.39. The van der Waals surface area contributed by atoms with Crippen molar-refractivity contribution in [2.45, 2.75) is 6.92 Å². The van der Waals surface area contributed by atoms with E-state index in [0.717, 1.165) is 11.3 Å². The molecule has 2 aromatic heterocycles. The molecule has 0 radical (unpaired) electrons. The Kier molecular flexibility index (Phi) is 1.59. The van der Waals surface area contributed by atoms with Crippen molar-refractivity contribution in [1.29, 1.82) is 0 Å². The molecular formula is C8H7N3O. The quantitative estimate of drug-likeness (QED) is 0.635. The minimum absolute atomic E-state index is 0.593. The molecule has 60 valence electrons. The first-order chi connectivity index (χ1) is 5.86. The number of aromatic nitrogens is 3. The zero-order valence-electron chi connectivity index (χ0n) is 6.56. The van der Waals surface area contributed by atoms with Crippen LogP contribution in [0.4, 0.5) is 0 Å². The van der Waals surface area contributed by atoms with Crippen LogP contribution in [0, 0.1) is 6.92 Å². The Bertz CT molecular complexity index is 352. The van der Waals surface area contributed by atoms with Gasteiger partial charge in [0, 0.05) is 11.5 Å². The maximum Gasteiger partial charge on any atom is 0.205 e. The van der Waals surface area contributed by atoms with Crippen molar-refractivity contribution in [2.75, 3.05) is 0 Å². The molecular weight excluding hydrogens is 154 g/mol. The van der Waals surface area contributed by atoms with Crippen LogP contribution >= 0.6 is 0 Å². The minimum Gasteiger partial charge on any atom is -0.335 e. The van der Waals surface area contributed by atoms with Gasteiger partial charge in [0.2, 0.25) is 5.76 Å². The van der Waals surface area contributed by atoms with Crippen LogP contribution in [0.3, 0.4) is 0 Å². The van der Waals surface area contributed by atoms with E-state index in [9.17, 15) is 0 Å². The molecule has 4 nitrogen and oxygen atoms in total. The summed E-state index contributed by atoms with van der Waals surface area (Å²) in [5.74, 6) is 0.593. The van der Waals surface area contributed by atoms with E-state index in [1.54, 1.807) is 6.20 Å². The molecule has 0 aliphatic heterocycles. The maximum absolute atomic E-state index is 4.84. The Morgan fingerprint density at radius 3 is 2.75 bits per heavy atom. The van der Waals surface area contributed by atoms with Crippen LogP contribution in [0.25, 0.3) is 11.5 Å². The van der Waals surface area contributed by atoms with Gasteiger partial charge in [0.25, 0.3) is 0 Å². The highest BCUT2D eigenvalue weighted by atomic mass is 16.5. The van der Waals surface area contributed by atoms with Crippen LogP contribution < -0.4 is 0 Å². The van der Waals surface area contributed by atoms with Crippen molar-refractivity contribution in [3.8, 4) is 11.5 Å². The lowest BCUT2D eigenvalue weighted by molar-refractivity contribution is 0.402. The van der Waals surface area contributed by atoms with Crippen LogP contribution in [-0.2, 0) is 0 Å². The summed E-state index contributed by atoms with van der Waals surface area (Å²) in [4.78, 5) is 4.15. The summed E-state index contributed by atoms with van der Waals surface area (Å²) in [5.41, 5.74) is 1.87. The third-order valence-corrected chi connectivity index (χ3v) is 1.53. The Balaban J connectivity index is 2.43. The number of rotatable bonds is 1. The smallest absolute Gasteiger partial charge is 0.205 e. The molecule has 0 atom stereocenters. The fourth-order valence-electron chi connectivity index (χ4n) is 0.894. The second-order valence-electron chi connectivity index (χ2n) is 2.50. The minimum atomic E-state index is 0.593. The van der Waals surface area contributed by atoms with E-state index in [-0.39, 0.29) is 0 Å². The van der Waals surface area contributed by atoms with E-state index in [0.29, 0.717) is 5.76 Å². The summed E-state index contributed by atoms with van der Waals surface area (Å²) < 4.78 is 4.84. The van der Waals surface area contributed by atoms with Crippen molar-refractivity contribution in [1.82, 2.24) is 15.4 Å². The van der Waals surface area contributed by atoms with Crippen LogP contribution in [0.1, 0.15) is 5.56 Å². The average molecular weight is 161 g/mol. The molecule has 0 N–H and O–H groups in total. The highest BCUT2D eigenvalue weighted by Gasteiger charge is 2.02. The number of pyridine rings is 1. The van der Waals surface area contributed by atoms with Gasteiger partial charge in [-0.25, -0.2) is 0 Å². The summed E-state index contributed by atoms with van der Waals surface area (Å²) in [6, 6.07) is 3.84. The third kappa shape index (κ3) is 1.18. The van der Waals surface area contributed by atoms with Crippen molar-refractivity contribution in [2.24, 2.45) is 0 Å². The van der Waals surface area contributed by atoms with Gasteiger partial charge >= 0.3 is 0 Å². The van der Waals surface area contributed by atoms with Gasteiger partial charge in [-0.1, -0.05) is 6.07 Å². The van der Waals surface area contributed by atoms with Gasteiger partial charge in [0.05, 0.1) is 0 Å². The van der Waals surface area contributed by atoms with Crippen LogP contribution in [0.2, 0.25) is 0 Å². The molecule has 0 unspecified atom stereocenters. The number of aryl methyl sites for hydroxylation is 1. The standard InChI is InChI=1S/C8H7N3O/c1-6-2-3-7(9-4-6)8-5-10-11-12-8/h2-5H,1H3. The second kappa shape index (κ2) is 2.73. The second-order valence-corrected chi connectivity index (χ2v) is 2.50. The first kappa shape index (κ1) is 6.97. The predicted molar refractivity (Wildman–Crippen MR) is 42.3 cm³/mol. The molecule has 2 aromatic rings. The van der Waals surface area contributed by atoms with Gasteiger partial charge in [-0.3, -0.25) is 4.98 Å². The first-order valence-electron chi connectivity index (χ1n) is 3.56. The van der Waals surface area contributed by atoms with E-state index in [2.05, 4.69) is 15.4 Å². The molecule has 0 aliphatic carbocycles. The highest BCUT2D eigenvalue weighted by Crippen LogP contribution is 2.13. The van der Waals surface area contributed by atoms with Crippen molar-refractivity contribution in [3.05, 3.63) is 30.1 Å². The molecule has 2 heterocycles. The molecule has 2 rings (SSSR count). The van der Waals surface area contributed by atoms with Gasteiger partial charge in [0.1, 0.15) is 11.9 Å². The van der Waals surface area contributed by atoms with E-state index in [1.165, 1.54) is 6.20 Å². The van der Waals surface area contributed by atoms with Gasteiger partial charge in [-0.15, -0.1) is 5.10 Å². The lowest BCUT2D eigenvalue weighted by Crippen LogP contribution is -1.80. The molecule has 0 saturated carbocycles. The lowest BCUT2D eigenvalue weighted by Gasteiger charge is -1.93. The van der Waals surface area contributed by atoms with Gasteiger partial charge < -0.3 is 4.52 Å². The molecule has 0 spiro atoms. The van der Waals surface area contributed by atoms with Crippen LogP contribution in [-0.4, -0.2) is 15.4 Å². The summed E-state index contributed by atoms with van der Waals surface area (Å²) in [7, 11) is 0. The summed E-state index contributed by atoms with van der Waals surface area (Å²) >= 11 is 0. The first-order valence-corrected chi connectivity index (χ1v) is 3.56. The van der Waals surface area contributed by atoms with Gasteiger partial charge in [-0.05, 0) is 18.6 Å². The van der Waals surface area contributed by atoms with Gasteiger partial charge in [0.15, 0.2) is 0 Å². The molecule has 0 fully saturated rings. The maximum atomic E-state index is 4.84. The van der Waals surface area contributed by atoms with Crippen LogP contribution in [0.5, 0.6) is 0 Å². The lowest BCUT2D eigenvalue weighted by atomic mass is 10.2. The van der Waals surface area contributed by atoms with Crippen molar-refractivity contribution >= 4 is 0 Å². The molecule has 0 aromatic carbocycles. The predicted octanol–water partition coefficient (Wildman–Crippen LogP) is 1.44. The summed E-state index contributed by atoms with van der Waals surface area (Å²) in [5, 5.41) is 6.92. The molecule has 4 heteroatoms. The average Bonchev–Trinajstić information content (AvgIpc) is 2.58. The van der Waals surface area contributed by atoms with Crippen LogP contribution in [0.15, 0.2) is 29.0 Å². The zero-order valence-corrected chi connectivity index (χ0v) is 6.56. The summed E-state index contributed by atoms with van der Waals surface area (Å²) in [6.07, 6.45) is 3.32. The summed E-state index contributed by atoms with van der Waals surface area (Å²) in [6.45, 7) is 1.98. The van der Waals surface area contributed by atoms with E-state index >= 15 is 0 Å². The monoisotopic (exact) mass is 161 g/mol. The molecule has 12 heavy (non-hydrogen) atoms. The fraction of sp³-hybridized carbons (Fsp3) is 0.125. The topological polar surface area (TPSA) is 51.8 Å². The molecule has 0 aliphatic rings. The Morgan fingerprint density at radius 1 is 1.25 bits per heavy atom. The van der Waals surface area contributed by atoms with Crippen molar-refractivity contribution in [3.63, 3.8) is 0 Å². The molecule has 0 saturated heterocycles. The number of hydrogen-bond donors (Lipinski definition) is 0. The van der Waals surface area contributed by atoms with E-state index in [1.807, 2.05) is 19.1 Å². The Labute approximate surface area is 69.2 Å². The normalized spacial score (nSPS) is 10.1. The Hall–Kier alpha value is -1.71. The number of hydrogen-bond acceptors (Lipinski definition) is 4. The van der Waals surface area contributed by atoms with Gasteiger partial charge in [-0.2, -0.15) is 0 Å². The number of nitrogens with zero attached hydrogens (tertiary/aromatic N) is 3. The fourth-order valence-corrected chi connectivity index (χ4v) is 0.894. The highest BCUT2D eigenvalue weighted by molar-refractivity contribution is 5.49. The molecule has 0 amide bonds. The van der Waals surface area contributed by atoms with E-state index < -0.39 is 0 Å². The largest absolute Gasteiger partial charge is 0.335 e. The Morgan fingerprint density at radius 2 is 2.17 bits per heavy atom. The van der Waals surface area contributed by atoms with Crippen molar-refractivity contribution < 1.29 is 4.52 Å².